The van der Waals surface area contributed by atoms with Gasteiger partial charge in [-0.15, -0.1) is 0 Å². The lowest BCUT2D eigenvalue weighted by molar-refractivity contribution is 0.209. The van der Waals surface area contributed by atoms with Crippen LogP contribution in [-0.2, 0) is 6.42 Å². The molecule has 0 radical (unpaired) electrons. The fourth-order valence-corrected chi connectivity index (χ4v) is 2.81. The van der Waals surface area contributed by atoms with E-state index in [0.717, 1.165) is 17.3 Å². The van der Waals surface area contributed by atoms with Gasteiger partial charge in [0.05, 0.1) is 0 Å². The Balaban J connectivity index is 2.02. The van der Waals surface area contributed by atoms with Crippen LogP contribution >= 0.6 is 0 Å². The van der Waals surface area contributed by atoms with Gasteiger partial charge in [0.1, 0.15) is 0 Å². The van der Waals surface area contributed by atoms with E-state index in [9.17, 15) is 0 Å². The molecule has 1 unspecified atom stereocenters. The third-order valence-corrected chi connectivity index (χ3v) is 3.39. The molecule has 1 aliphatic rings. The van der Waals surface area contributed by atoms with Gasteiger partial charge >= 0.3 is 0 Å². The highest BCUT2D eigenvalue weighted by Crippen LogP contribution is 2.20. The van der Waals surface area contributed by atoms with Crippen LogP contribution in [0.3, 0.4) is 0 Å². The van der Waals surface area contributed by atoms with Gasteiger partial charge in [-0.2, -0.15) is 0 Å². The number of nitrogens with zero attached hydrogens (tertiary/aromatic N) is 2. The van der Waals surface area contributed by atoms with E-state index in [-0.39, 0.29) is 0 Å². The van der Waals surface area contributed by atoms with Gasteiger partial charge in [-0.3, -0.25) is 4.98 Å². The molecule has 0 aliphatic carbocycles. The van der Waals surface area contributed by atoms with E-state index in [2.05, 4.69) is 42.9 Å². The molecule has 1 aromatic heterocycles. The second-order valence-electron chi connectivity index (χ2n) is 5.23. The molecule has 1 fully saturated rings. The van der Waals surface area contributed by atoms with Crippen LogP contribution in [0.2, 0.25) is 0 Å². The van der Waals surface area contributed by atoms with E-state index in [4.69, 9.17) is 0 Å². The maximum absolute atomic E-state index is 4.43. The van der Waals surface area contributed by atoms with E-state index in [1.807, 2.05) is 0 Å². The second kappa shape index (κ2) is 4.96. The Morgan fingerprint density at radius 2 is 2.00 bits per heavy atom. The van der Waals surface area contributed by atoms with Crippen molar-refractivity contribution >= 4 is 0 Å². The summed E-state index contributed by atoms with van der Waals surface area (Å²) in [6, 6.07) is 4.48. The molecule has 0 amide bonds. The van der Waals surface area contributed by atoms with Crippen LogP contribution in [0.4, 0.5) is 0 Å². The lowest BCUT2D eigenvalue weighted by Crippen LogP contribution is -2.33. The molecule has 0 saturated carbocycles. The van der Waals surface area contributed by atoms with E-state index >= 15 is 0 Å². The molecule has 2 nitrogen and oxygen atoms in total. The summed E-state index contributed by atoms with van der Waals surface area (Å²) < 4.78 is 0. The van der Waals surface area contributed by atoms with Crippen molar-refractivity contribution in [1.29, 1.82) is 0 Å². The van der Waals surface area contributed by atoms with E-state index in [1.165, 1.54) is 37.9 Å². The van der Waals surface area contributed by atoms with E-state index in [1.54, 1.807) is 0 Å². The molecule has 0 N–H and O–H groups in total. The Bertz CT molecular complexity index is 340. The van der Waals surface area contributed by atoms with Crippen molar-refractivity contribution in [3.63, 3.8) is 0 Å². The first-order valence-corrected chi connectivity index (χ1v) is 6.26. The molecular weight excluding hydrogens is 196 g/mol. The predicted molar refractivity (Wildman–Crippen MR) is 67.6 cm³/mol. The summed E-state index contributed by atoms with van der Waals surface area (Å²) in [5.41, 5.74) is 3.77. The zero-order valence-electron chi connectivity index (χ0n) is 10.7. The Kier molecular flexibility index (Phi) is 3.59. The third kappa shape index (κ3) is 3.05. The number of likely N-dealkylation sites (tertiary alicyclic amines) is 1. The minimum absolute atomic E-state index is 0.833. The third-order valence-electron chi connectivity index (χ3n) is 3.39. The van der Waals surface area contributed by atoms with Crippen molar-refractivity contribution in [2.45, 2.75) is 33.1 Å². The topological polar surface area (TPSA) is 16.1 Å². The summed E-state index contributed by atoms with van der Waals surface area (Å²) in [7, 11) is 2.23. The van der Waals surface area contributed by atoms with Crippen LogP contribution in [0, 0.1) is 19.8 Å². The smallest absolute Gasteiger partial charge is 0.0378 e. The minimum atomic E-state index is 0.833. The minimum Gasteiger partial charge on any atom is -0.306 e. The molecule has 88 valence electrons. The van der Waals surface area contributed by atoms with Gasteiger partial charge in [0.15, 0.2) is 0 Å². The number of pyridine rings is 1. The van der Waals surface area contributed by atoms with Crippen molar-refractivity contribution in [2.75, 3.05) is 20.1 Å². The Morgan fingerprint density at radius 1 is 1.31 bits per heavy atom. The highest BCUT2D eigenvalue weighted by molar-refractivity contribution is 5.20. The van der Waals surface area contributed by atoms with Crippen molar-refractivity contribution in [3.05, 3.63) is 29.1 Å². The maximum atomic E-state index is 4.43. The molecule has 16 heavy (non-hydrogen) atoms. The zero-order chi connectivity index (χ0) is 11.5. The van der Waals surface area contributed by atoms with Crippen molar-refractivity contribution in [2.24, 2.45) is 5.92 Å². The van der Waals surface area contributed by atoms with Crippen LogP contribution in [0.25, 0.3) is 0 Å². The average molecular weight is 218 g/mol. The zero-order valence-corrected chi connectivity index (χ0v) is 10.7. The summed E-state index contributed by atoms with van der Waals surface area (Å²) in [6.45, 7) is 6.69. The van der Waals surface area contributed by atoms with Crippen LogP contribution in [0.5, 0.6) is 0 Å². The number of hydrogen-bond donors (Lipinski definition) is 0. The average Bonchev–Trinajstić information content (AvgIpc) is 2.15. The summed E-state index contributed by atoms with van der Waals surface area (Å²) in [5.74, 6) is 0.833. The Morgan fingerprint density at radius 3 is 2.62 bits per heavy atom. The molecule has 1 aromatic rings. The Hall–Kier alpha value is -0.890. The fourth-order valence-electron chi connectivity index (χ4n) is 2.81. The van der Waals surface area contributed by atoms with Gasteiger partial charge in [-0.25, -0.2) is 0 Å². The lowest BCUT2D eigenvalue weighted by Gasteiger charge is -2.29. The quantitative estimate of drug-likeness (QED) is 0.758. The predicted octanol–water partition coefficient (Wildman–Crippen LogP) is 2.58. The molecule has 1 atom stereocenters. The van der Waals surface area contributed by atoms with Crippen LogP contribution in [-0.4, -0.2) is 30.0 Å². The Labute approximate surface area is 98.7 Å². The van der Waals surface area contributed by atoms with Crippen LogP contribution in [0.1, 0.15) is 29.8 Å². The summed E-state index contributed by atoms with van der Waals surface area (Å²) in [5, 5.41) is 0. The van der Waals surface area contributed by atoms with Gasteiger partial charge in [-0.05, 0) is 70.3 Å². The van der Waals surface area contributed by atoms with Crippen molar-refractivity contribution < 1.29 is 0 Å². The van der Waals surface area contributed by atoms with Gasteiger partial charge in [0, 0.05) is 17.9 Å². The van der Waals surface area contributed by atoms with Gasteiger partial charge in [-0.1, -0.05) is 0 Å². The highest BCUT2D eigenvalue weighted by Gasteiger charge is 2.17. The molecule has 0 bridgehead atoms. The van der Waals surface area contributed by atoms with Crippen LogP contribution < -0.4 is 0 Å². The molecule has 1 saturated heterocycles. The van der Waals surface area contributed by atoms with Crippen molar-refractivity contribution in [1.82, 2.24) is 9.88 Å². The standard InChI is InChI=1S/C14H22N2/c1-11-7-14(8-12(2)15-11)9-13-5-4-6-16(3)10-13/h7-8,13H,4-6,9-10H2,1-3H3. The molecule has 2 heteroatoms. The first-order chi connectivity index (χ1) is 7.63. The maximum Gasteiger partial charge on any atom is 0.0378 e. The van der Waals surface area contributed by atoms with E-state index in [0.29, 0.717) is 0 Å². The number of hydrogen-bond acceptors (Lipinski definition) is 2. The van der Waals surface area contributed by atoms with Gasteiger partial charge in [0.25, 0.3) is 0 Å². The number of aryl methyl sites for hydroxylation is 2. The second-order valence-corrected chi connectivity index (χ2v) is 5.23. The SMILES string of the molecule is Cc1cc(CC2CCCN(C)C2)cc(C)n1. The highest BCUT2D eigenvalue weighted by atomic mass is 15.1. The summed E-state index contributed by atoms with van der Waals surface area (Å²) >= 11 is 0. The van der Waals surface area contributed by atoms with Crippen LogP contribution in [0.15, 0.2) is 12.1 Å². The molecule has 2 heterocycles. The van der Waals surface area contributed by atoms with E-state index < -0.39 is 0 Å². The molecular formula is C14H22N2. The largest absolute Gasteiger partial charge is 0.306 e. The molecule has 2 rings (SSSR count). The molecule has 1 aliphatic heterocycles. The lowest BCUT2D eigenvalue weighted by atomic mass is 9.91. The molecule has 0 spiro atoms. The number of aromatic nitrogens is 1. The normalized spacial score (nSPS) is 22.3. The number of rotatable bonds is 2. The van der Waals surface area contributed by atoms with Crippen molar-refractivity contribution in [3.8, 4) is 0 Å². The number of piperidine rings is 1. The summed E-state index contributed by atoms with van der Waals surface area (Å²) in [6.07, 6.45) is 3.95. The fraction of sp³-hybridized carbons (Fsp3) is 0.643. The monoisotopic (exact) mass is 218 g/mol. The van der Waals surface area contributed by atoms with Gasteiger partial charge in [0.2, 0.25) is 0 Å². The summed E-state index contributed by atoms with van der Waals surface area (Å²) in [4.78, 5) is 6.89. The first kappa shape index (κ1) is 11.6. The first-order valence-electron chi connectivity index (χ1n) is 6.26. The van der Waals surface area contributed by atoms with Gasteiger partial charge < -0.3 is 4.90 Å². The molecule has 0 aromatic carbocycles.